The first-order chi connectivity index (χ1) is 14.6. The highest BCUT2D eigenvalue weighted by Gasteiger charge is 2.30. The number of aliphatic carboxylic acids is 1. The van der Waals surface area contributed by atoms with Crippen LogP contribution in [0.3, 0.4) is 0 Å². The molecule has 1 rings (SSSR count). The highest BCUT2D eigenvalue weighted by atomic mass is 16.4. The van der Waals surface area contributed by atoms with Crippen LogP contribution in [0.5, 0.6) is 5.75 Å². The van der Waals surface area contributed by atoms with E-state index in [1.54, 1.807) is 0 Å². The number of phenols is 1. The molecule has 0 aliphatic rings. The lowest BCUT2D eigenvalue weighted by molar-refractivity contribution is -0.143. The van der Waals surface area contributed by atoms with Crippen LogP contribution in [0, 0.1) is 0 Å². The van der Waals surface area contributed by atoms with Gasteiger partial charge in [-0.25, -0.2) is 4.79 Å². The van der Waals surface area contributed by atoms with Crippen LogP contribution in [0.25, 0.3) is 0 Å². The maximum atomic E-state index is 12.7. The zero-order valence-electron chi connectivity index (χ0n) is 16.4. The van der Waals surface area contributed by atoms with Gasteiger partial charge in [-0.2, -0.15) is 0 Å². The molecule has 0 spiro atoms. The second-order valence-electron chi connectivity index (χ2n) is 6.51. The molecule has 3 atom stereocenters. The van der Waals surface area contributed by atoms with Gasteiger partial charge in [0, 0.05) is 6.42 Å². The van der Waals surface area contributed by atoms with Gasteiger partial charge < -0.3 is 42.7 Å². The number of carboxylic acids is 1. The summed E-state index contributed by atoms with van der Waals surface area (Å²) < 4.78 is 0. The predicted molar refractivity (Wildman–Crippen MR) is 105 cm³/mol. The van der Waals surface area contributed by atoms with Crippen LogP contribution in [-0.2, 0) is 30.4 Å². The maximum Gasteiger partial charge on any atom is 0.326 e. The summed E-state index contributed by atoms with van der Waals surface area (Å²) in [6.07, 6.45) is -0.809. The lowest BCUT2D eigenvalue weighted by Crippen LogP contribution is -2.58. The summed E-state index contributed by atoms with van der Waals surface area (Å²) in [7, 11) is 0. The number of nitrogens with two attached hydrogens (primary N) is 2. The van der Waals surface area contributed by atoms with Crippen molar-refractivity contribution in [3.8, 4) is 5.75 Å². The molecule has 0 saturated heterocycles. The summed E-state index contributed by atoms with van der Waals surface area (Å²) in [5.74, 6) is -5.10. The van der Waals surface area contributed by atoms with E-state index in [0.29, 0.717) is 5.56 Å². The standard InChI is InChI=1S/C18H25N5O8/c19-7-15(27)21-13(8-24)17(29)22-11(5-9-1-3-10(25)4-2-9)16(28)23-12(18(30)31)6-14(20)26/h1-4,11-13,24-25H,5-8,19H2,(H2,20,26)(H,21,27)(H,22,29)(H,23,28)(H,30,31). The lowest BCUT2D eigenvalue weighted by Gasteiger charge is -2.23. The van der Waals surface area contributed by atoms with Gasteiger partial charge in [0.2, 0.25) is 23.6 Å². The molecule has 0 aliphatic heterocycles. The molecule has 0 aromatic heterocycles. The van der Waals surface area contributed by atoms with E-state index >= 15 is 0 Å². The highest BCUT2D eigenvalue weighted by molar-refractivity contribution is 5.94. The van der Waals surface area contributed by atoms with Gasteiger partial charge in [-0.05, 0) is 17.7 Å². The van der Waals surface area contributed by atoms with Gasteiger partial charge in [0.1, 0.15) is 23.9 Å². The fourth-order valence-electron chi connectivity index (χ4n) is 2.47. The predicted octanol–water partition coefficient (Wildman–Crippen LogP) is -3.70. The molecule has 0 heterocycles. The largest absolute Gasteiger partial charge is 0.508 e. The molecule has 0 saturated carbocycles. The molecule has 13 heteroatoms. The molecule has 0 fully saturated rings. The average Bonchev–Trinajstić information content (AvgIpc) is 2.71. The van der Waals surface area contributed by atoms with Crippen molar-refractivity contribution in [2.24, 2.45) is 11.5 Å². The van der Waals surface area contributed by atoms with Crippen LogP contribution in [0.2, 0.25) is 0 Å². The van der Waals surface area contributed by atoms with Gasteiger partial charge in [-0.1, -0.05) is 12.1 Å². The molecule has 13 nitrogen and oxygen atoms in total. The summed E-state index contributed by atoms with van der Waals surface area (Å²) in [6, 6.07) is 1.24. The number of rotatable bonds is 12. The molecule has 0 bridgehead atoms. The Labute approximate surface area is 176 Å². The molecule has 1 aromatic rings. The second-order valence-corrected chi connectivity index (χ2v) is 6.51. The van der Waals surface area contributed by atoms with Gasteiger partial charge in [0.05, 0.1) is 19.6 Å². The molecule has 10 N–H and O–H groups in total. The summed E-state index contributed by atoms with van der Waals surface area (Å²) in [5, 5.41) is 34.5. The van der Waals surface area contributed by atoms with Crippen molar-refractivity contribution in [2.45, 2.75) is 31.0 Å². The van der Waals surface area contributed by atoms with Crippen molar-refractivity contribution in [3.63, 3.8) is 0 Å². The number of benzene rings is 1. The first-order valence-corrected chi connectivity index (χ1v) is 9.07. The van der Waals surface area contributed by atoms with E-state index < -0.39 is 67.3 Å². The van der Waals surface area contributed by atoms with Crippen LogP contribution in [-0.4, -0.2) is 76.2 Å². The number of aliphatic hydroxyl groups excluding tert-OH is 1. The van der Waals surface area contributed by atoms with Gasteiger partial charge in [0.25, 0.3) is 0 Å². The molecule has 1 aromatic carbocycles. The van der Waals surface area contributed by atoms with Crippen LogP contribution >= 0.6 is 0 Å². The molecule has 0 radical (unpaired) electrons. The Hall–Kier alpha value is -3.71. The van der Waals surface area contributed by atoms with E-state index in [1.807, 2.05) is 0 Å². The number of carbonyl (C=O) groups is 5. The number of aromatic hydroxyl groups is 1. The highest BCUT2D eigenvalue weighted by Crippen LogP contribution is 2.12. The summed E-state index contributed by atoms with van der Waals surface area (Å²) in [5.41, 5.74) is 10.6. The minimum atomic E-state index is -1.63. The summed E-state index contributed by atoms with van der Waals surface area (Å²) >= 11 is 0. The Morgan fingerprint density at radius 3 is 1.94 bits per heavy atom. The Bertz CT molecular complexity index is 814. The van der Waals surface area contributed by atoms with Gasteiger partial charge in [-0.3, -0.25) is 19.2 Å². The normalized spacial score (nSPS) is 13.4. The van der Waals surface area contributed by atoms with E-state index in [4.69, 9.17) is 11.5 Å². The number of phenolic OH excluding ortho intramolecular Hbond substituents is 1. The van der Waals surface area contributed by atoms with Crippen LogP contribution in [0.1, 0.15) is 12.0 Å². The number of carboxylic acid groups (broad SMARTS) is 1. The average molecular weight is 439 g/mol. The Morgan fingerprint density at radius 2 is 1.45 bits per heavy atom. The maximum absolute atomic E-state index is 12.7. The van der Waals surface area contributed by atoms with Crippen LogP contribution in [0.4, 0.5) is 0 Å². The van der Waals surface area contributed by atoms with E-state index in [2.05, 4.69) is 16.0 Å². The SMILES string of the molecule is NCC(=O)NC(CO)C(=O)NC(Cc1ccc(O)cc1)C(=O)NC(CC(N)=O)C(=O)O. The third kappa shape index (κ3) is 8.67. The topological polar surface area (TPSA) is 234 Å². The molecule has 4 amide bonds. The molecule has 31 heavy (non-hydrogen) atoms. The molecule has 0 aliphatic carbocycles. The zero-order valence-corrected chi connectivity index (χ0v) is 16.4. The molecule has 170 valence electrons. The van der Waals surface area contributed by atoms with Crippen molar-refractivity contribution < 1.29 is 39.3 Å². The minimum absolute atomic E-state index is 0.0361. The number of amides is 4. The van der Waals surface area contributed by atoms with E-state index in [-0.39, 0.29) is 12.2 Å². The zero-order chi connectivity index (χ0) is 23.6. The number of hydrogen-bond donors (Lipinski definition) is 8. The van der Waals surface area contributed by atoms with Crippen LogP contribution < -0.4 is 27.4 Å². The van der Waals surface area contributed by atoms with Gasteiger partial charge in [-0.15, -0.1) is 0 Å². The lowest BCUT2D eigenvalue weighted by atomic mass is 10.0. The van der Waals surface area contributed by atoms with E-state index in [9.17, 15) is 39.3 Å². The molecular weight excluding hydrogens is 414 g/mol. The minimum Gasteiger partial charge on any atom is -0.508 e. The fraction of sp³-hybridized carbons (Fsp3) is 0.389. The summed E-state index contributed by atoms with van der Waals surface area (Å²) in [6.45, 7) is -1.22. The smallest absolute Gasteiger partial charge is 0.326 e. The third-order valence-corrected chi connectivity index (χ3v) is 4.05. The van der Waals surface area contributed by atoms with Gasteiger partial charge in [0.15, 0.2) is 0 Å². The van der Waals surface area contributed by atoms with Crippen molar-refractivity contribution in [3.05, 3.63) is 29.8 Å². The van der Waals surface area contributed by atoms with E-state index in [0.717, 1.165) is 0 Å². The first kappa shape index (κ1) is 25.3. The molecular formula is C18H25N5O8. The summed E-state index contributed by atoms with van der Waals surface area (Å²) in [4.78, 5) is 58.9. The Kier molecular flexibility index (Phi) is 9.88. The van der Waals surface area contributed by atoms with Crippen molar-refractivity contribution in [1.82, 2.24) is 16.0 Å². The number of nitrogens with one attached hydrogen (secondary N) is 3. The van der Waals surface area contributed by atoms with Crippen molar-refractivity contribution in [2.75, 3.05) is 13.2 Å². The Morgan fingerprint density at radius 1 is 0.903 bits per heavy atom. The fourth-order valence-corrected chi connectivity index (χ4v) is 2.47. The third-order valence-electron chi connectivity index (χ3n) is 4.05. The van der Waals surface area contributed by atoms with E-state index in [1.165, 1.54) is 24.3 Å². The number of carbonyl (C=O) groups excluding carboxylic acids is 4. The van der Waals surface area contributed by atoms with Crippen molar-refractivity contribution in [1.29, 1.82) is 0 Å². The monoisotopic (exact) mass is 439 g/mol. The Balaban J connectivity index is 3.06. The quantitative estimate of drug-likeness (QED) is 0.160. The number of hydrogen-bond acceptors (Lipinski definition) is 8. The first-order valence-electron chi connectivity index (χ1n) is 9.07. The number of primary amides is 1. The van der Waals surface area contributed by atoms with Crippen molar-refractivity contribution >= 4 is 29.6 Å². The van der Waals surface area contributed by atoms with Crippen LogP contribution in [0.15, 0.2) is 24.3 Å². The second kappa shape index (κ2) is 12.1. The number of aliphatic hydroxyl groups is 1. The van der Waals surface area contributed by atoms with Gasteiger partial charge >= 0.3 is 5.97 Å². The molecule has 3 unspecified atom stereocenters.